The Labute approximate surface area is 151 Å². The minimum absolute atomic E-state index is 0.00753. The summed E-state index contributed by atoms with van der Waals surface area (Å²) in [4.78, 5) is 22.6. The summed E-state index contributed by atoms with van der Waals surface area (Å²) in [5.41, 5.74) is 0.695. The fourth-order valence-corrected chi connectivity index (χ4v) is 3.74. The number of halogens is 1. The van der Waals surface area contributed by atoms with Gasteiger partial charge >= 0.3 is 0 Å². The van der Waals surface area contributed by atoms with Gasteiger partial charge in [-0.25, -0.2) is 9.37 Å². The van der Waals surface area contributed by atoms with Crippen molar-refractivity contribution in [3.63, 3.8) is 0 Å². The maximum atomic E-state index is 13.9. The largest absolute Gasteiger partial charge is 0.364 e. The van der Waals surface area contributed by atoms with Crippen LogP contribution in [0.5, 0.6) is 0 Å². The number of carbonyl (C=O) groups is 1. The van der Waals surface area contributed by atoms with Crippen LogP contribution in [0, 0.1) is 11.7 Å². The van der Waals surface area contributed by atoms with E-state index >= 15 is 0 Å². The number of anilines is 1. The number of aromatic nitrogens is 2. The number of hydrogen-bond donors (Lipinski definition) is 1. The quantitative estimate of drug-likeness (QED) is 0.910. The third-order valence-electron chi connectivity index (χ3n) is 5.09. The molecule has 2 aliphatic rings. The number of rotatable bonds is 4. The summed E-state index contributed by atoms with van der Waals surface area (Å²) in [6, 6.07) is 6.85. The molecule has 26 heavy (non-hydrogen) atoms. The Balaban J connectivity index is 1.34. The van der Waals surface area contributed by atoms with Crippen LogP contribution in [0.15, 0.2) is 42.9 Å². The highest BCUT2D eigenvalue weighted by molar-refractivity contribution is 5.93. The van der Waals surface area contributed by atoms with Crippen LogP contribution in [0.2, 0.25) is 0 Å². The standard InChI is InChI=1S/C19H21FN4O2/c20-15-4-2-1-3-14(15)11-24-8-5-13-9-16(26-17(13)12-24)19(25)23-18-10-21-6-7-22-18/h1-4,6-7,10,13,16-17H,5,8-9,11-12H2,(H,22,23,25)/t13-,16+,17+/m0/s1. The number of hydrogen-bond acceptors (Lipinski definition) is 5. The highest BCUT2D eigenvalue weighted by Crippen LogP contribution is 2.34. The molecular formula is C19H21FN4O2. The van der Waals surface area contributed by atoms with Crippen molar-refractivity contribution in [3.8, 4) is 0 Å². The first-order valence-corrected chi connectivity index (χ1v) is 8.87. The molecule has 2 fully saturated rings. The Morgan fingerprint density at radius 3 is 3.04 bits per heavy atom. The number of fused-ring (bicyclic) bond motifs is 1. The Morgan fingerprint density at radius 1 is 1.35 bits per heavy atom. The van der Waals surface area contributed by atoms with Crippen molar-refractivity contribution in [1.29, 1.82) is 0 Å². The molecule has 7 heteroatoms. The van der Waals surface area contributed by atoms with E-state index in [2.05, 4.69) is 20.2 Å². The van der Waals surface area contributed by atoms with Crippen molar-refractivity contribution in [1.82, 2.24) is 14.9 Å². The molecule has 0 radical (unpaired) electrons. The smallest absolute Gasteiger partial charge is 0.254 e. The summed E-state index contributed by atoms with van der Waals surface area (Å²) in [5.74, 6) is 0.436. The van der Waals surface area contributed by atoms with Gasteiger partial charge < -0.3 is 10.1 Å². The molecule has 6 nitrogen and oxygen atoms in total. The van der Waals surface area contributed by atoms with E-state index in [4.69, 9.17) is 4.74 Å². The molecule has 2 aliphatic heterocycles. The molecule has 0 aliphatic carbocycles. The molecule has 1 aromatic heterocycles. The number of likely N-dealkylation sites (tertiary alicyclic amines) is 1. The summed E-state index contributed by atoms with van der Waals surface area (Å²) in [7, 11) is 0. The summed E-state index contributed by atoms with van der Waals surface area (Å²) >= 11 is 0. The Bertz CT molecular complexity index is 773. The lowest BCUT2D eigenvalue weighted by Crippen LogP contribution is -2.42. The molecule has 1 amide bonds. The second-order valence-electron chi connectivity index (χ2n) is 6.85. The maximum Gasteiger partial charge on any atom is 0.254 e. The zero-order valence-electron chi connectivity index (χ0n) is 14.3. The van der Waals surface area contributed by atoms with E-state index in [0.29, 0.717) is 36.8 Å². The number of ether oxygens (including phenoxy) is 1. The maximum absolute atomic E-state index is 13.9. The average molecular weight is 356 g/mol. The third-order valence-corrected chi connectivity index (χ3v) is 5.09. The zero-order valence-corrected chi connectivity index (χ0v) is 14.3. The Hall–Kier alpha value is -2.38. The zero-order chi connectivity index (χ0) is 17.9. The van der Waals surface area contributed by atoms with Gasteiger partial charge in [-0.2, -0.15) is 0 Å². The van der Waals surface area contributed by atoms with Crippen LogP contribution < -0.4 is 5.32 Å². The fraction of sp³-hybridized carbons (Fsp3) is 0.421. The van der Waals surface area contributed by atoms with Crippen molar-refractivity contribution in [2.45, 2.75) is 31.6 Å². The number of amides is 1. The van der Waals surface area contributed by atoms with Crippen molar-refractivity contribution < 1.29 is 13.9 Å². The monoisotopic (exact) mass is 356 g/mol. The lowest BCUT2D eigenvalue weighted by molar-refractivity contribution is -0.127. The van der Waals surface area contributed by atoms with E-state index in [0.717, 1.165) is 13.0 Å². The van der Waals surface area contributed by atoms with Crippen LogP contribution in [0.4, 0.5) is 10.2 Å². The lowest BCUT2D eigenvalue weighted by atomic mass is 9.91. The van der Waals surface area contributed by atoms with Gasteiger partial charge in [0.15, 0.2) is 5.82 Å². The molecule has 1 aromatic carbocycles. The van der Waals surface area contributed by atoms with Crippen molar-refractivity contribution in [2.75, 3.05) is 18.4 Å². The third kappa shape index (κ3) is 3.73. The topological polar surface area (TPSA) is 67.4 Å². The molecule has 0 spiro atoms. The van der Waals surface area contributed by atoms with Gasteiger partial charge in [0.1, 0.15) is 11.9 Å². The number of nitrogens with one attached hydrogen (secondary N) is 1. The molecule has 2 saturated heterocycles. The first kappa shape index (κ1) is 17.1. The van der Waals surface area contributed by atoms with E-state index in [9.17, 15) is 9.18 Å². The molecule has 2 aromatic rings. The van der Waals surface area contributed by atoms with Gasteiger partial charge in [0.05, 0.1) is 12.3 Å². The van der Waals surface area contributed by atoms with Crippen LogP contribution in [-0.4, -0.2) is 46.1 Å². The molecule has 3 heterocycles. The summed E-state index contributed by atoms with van der Waals surface area (Å²) in [5, 5.41) is 2.75. The highest BCUT2D eigenvalue weighted by Gasteiger charge is 2.41. The summed E-state index contributed by atoms with van der Waals surface area (Å²) < 4.78 is 19.9. The van der Waals surface area contributed by atoms with Crippen LogP contribution >= 0.6 is 0 Å². The first-order valence-electron chi connectivity index (χ1n) is 8.87. The molecule has 4 rings (SSSR count). The Morgan fingerprint density at radius 2 is 2.23 bits per heavy atom. The van der Waals surface area contributed by atoms with Crippen molar-refractivity contribution >= 4 is 11.7 Å². The van der Waals surface area contributed by atoms with Crippen LogP contribution in [-0.2, 0) is 16.1 Å². The van der Waals surface area contributed by atoms with Gasteiger partial charge in [-0.15, -0.1) is 0 Å². The number of benzene rings is 1. The summed E-state index contributed by atoms with van der Waals surface area (Å²) in [6.07, 6.45) is 5.80. The molecular weight excluding hydrogens is 335 g/mol. The Kier molecular flexibility index (Phi) is 4.90. The number of carbonyl (C=O) groups excluding carboxylic acids is 1. The number of piperidine rings is 1. The fourth-order valence-electron chi connectivity index (χ4n) is 3.74. The SMILES string of the molecule is O=C(Nc1cnccn1)[C@H]1C[C@@H]2CCN(Cc3ccccc3F)C[C@H]2O1. The predicted molar refractivity (Wildman–Crippen MR) is 93.7 cm³/mol. The van der Waals surface area contributed by atoms with E-state index in [1.165, 1.54) is 18.5 Å². The summed E-state index contributed by atoms with van der Waals surface area (Å²) in [6.45, 7) is 2.17. The van der Waals surface area contributed by atoms with Crippen LogP contribution in [0.25, 0.3) is 0 Å². The minimum atomic E-state index is -0.472. The van der Waals surface area contributed by atoms with E-state index in [-0.39, 0.29) is 17.8 Å². The predicted octanol–water partition coefficient (Wildman–Crippen LogP) is 2.23. The van der Waals surface area contributed by atoms with Gasteiger partial charge in [-0.05, 0) is 31.4 Å². The number of nitrogens with zero attached hydrogens (tertiary/aromatic N) is 3. The molecule has 0 saturated carbocycles. The van der Waals surface area contributed by atoms with Gasteiger partial charge in [0.2, 0.25) is 0 Å². The van der Waals surface area contributed by atoms with E-state index in [1.807, 2.05) is 12.1 Å². The lowest BCUT2D eigenvalue weighted by Gasteiger charge is -2.34. The highest BCUT2D eigenvalue weighted by atomic mass is 19.1. The molecule has 0 bridgehead atoms. The van der Waals surface area contributed by atoms with Crippen LogP contribution in [0.1, 0.15) is 18.4 Å². The van der Waals surface area contributed by atoms with Crippen LogP contribution in [0.3, 0.4) is 0 Å². The van der Waals surface area contributed by atoms with Gasteiger partial charge in [-0.1, -0.05) is 18.2 Å². The second kappa shape index (κ2) is 7.47. The van der Waals surface area contributed by atoms with E-state index < -0.39 is 6.10 Å². The minimum Gasteiger partial charge on any atom is -0.364 e. The first-order chi connectivity index (χ1) is 12.7. The van der Waals surface area contributed by atoms with E-state index in [1.54, 1.807) is 12.3 Å². The van der Waals surface area contributed by atoms with Gasteiger partial charge in [-0.3, -0.25) is 14.7 Å². The van der Waals surface area contributed by atoms with Crippen molar-refractivity contribution in [3.05, 3.63) is 54.2 Å². The average Bonchev–Trinajstić information content (AvgIpc) is 3.08. The molecule has 0 unspecified atom stereocenters. The second-order valence-corrected chi connectivity index (χ2v) is 6.85. The molecule has 1 N–H and O–H groups in total. The van der Waals surface area contributed by atoms with Gasteiger partial charge in [0, 0.05) is 31.0 Å². The normalized spacial score (nSPS) is 25.7. The van der Waals surface area contributed by atoms with Crippen molar-refractivity contribution in [2.24, 2.45) is 5.92 Å². The van der Waals surface area contributed by atoms with Gasteiger partial charge in [0.25, 0.3) is 5.91 Å². The molecule has 3 atom stereocenters. The molecule has 136 valence electrons.